The first kappa shape index (κ1) is 22.8. The fourth-order valence-electron chi connectivity index (χ4n) is 3.01. The van der Waals surface area contributed by atoms with Crippen molar-refractivity contribution in [3.05, 3.63) is 78.4 Å². The van der Waals surface area contributed by atoms with E-state index in [1.54, 1.807) is 13.0 Å². The molecule has 0 aliphatic rings. The highest BCUT2D eigenvalue weighted by Gasteiger charge is 2.16. The molecule has 0 saturated heterocycles. The first-order chi connectivity index (χ1) is 15.5. The summed E-state index contributed by atoms with van der Waals surface area (Å²) >= 11 is 0. The Morgan fingerprint density at radius 1 is 0.844 bits per heavy atom. The number of amides is 2. The van der Waals surface area contributed by atoms with Crippen LogP contribution in [0.1, 0.15) is 25.3 Å². The maximum Gasteiger partial charge on any atom is 0.306 e. The van der Waals surface area contributed by atoms with Gasteiger partial charge in [-0.15, -0.1) is 0 Å². The summed E-state index contributed by atoms with van der Waals surface area (Å²) in [5, 5.41) is 2.07. The van der Waals surface area contributed by atoms with E-state index in [4.69, 9.17) is 9.47 Å². The molecule has 2 amide bonds. The lowest BCUT2D eigenvalue weighted by atomic mass is 10.1. The number of hydrogen-bond donors (Lipinski definition) is 2. The molecule has 0 aliphatic carbocycles. The molecule has 0 saturated carbocycles. The van der Waals surface area contributed by atoms with Crippen molar-refractivity contribution in [3.8, 4) is 5.75 Å². The predicted molar refractivity (Wildman–Crippen MR) is 121 cm³/mol. The van der Waals surface area contributed by atoms with Gasteiger partial charge in [-0.2, -0.15) is 0 Å². The quantitative estimate of drug-likeness (QED) is 0.398. The smallest absolute Gasteiger partial charge is 0.306 e. The average molecular weight is 434 g/mol. The molecular formula is C25H26N2O5. The molecule has 7 nitrogen and oxygen atoms in total. The fourth-order valence-corrected chi connectivity index (χ4v) is 3.01. The number of rotatable bonds is 9. The van der Waals surface area contributed by atoms with Crippen molar-refractivity contribution in [3.63, 3.8) is 0 Å². The average Bonchev–Trinajstić information content (AvgIpc) is 2.81. The Bertz CT molecular complexity index is 1070. The van der Waals surface area contributed by atoms with Gasteiger partial charge in [-0.1, -0.05) is 60.7 Å². The van der Waals surface area contributed by atoms with Crippen molar-refractivity contribution < 1.29 is 23.9 Å². The molecule has 166 valence electrons. The maximum absolute atomic E-state index is 12.2. The highest BCUT2D eigenvalue weighted by molar-refractivity contribution is 5.86. The number of hydrogen-bond acceptors (Lipinski definition) is 5. The lowest BCUT2D eigenvalue weighted by molar-refractivity contribution is -0.145. The molecule has 0 heterocycles. The van der Waals surface area contributed by atoms with Gasteiger partial charge < -0.3 is 9.47 Å². The number of carbonyl (C=O) groups excluding carboxylic acids is 3. The second-order valence-corrected chi connectivity index (χ2v) is 7.26. The number of nitrogens with one attached hydrogen (secondary N) is 2. The third kappa shape index (κ3) is 7.12. The van der Waals surface area contributed by atoms with E-state index in [2.05, 4.69) is 10.9 Å². The van der Waals surface area contributed by atoms with Crippen LogP contribution in [0.3, 0.4) is 0 Å². The molecule has 0 bridgehead atoms. The van der Waals surface area contributed by atoms with Gasteiger partial charge in [0.05, 0.1) is 13.0 Å². The third-order valence-electron chi connectivity index (χ3n) is 4.78. The van der Waals surface area contributed by atoms with Gasteiger partial charge in [0.1, 0.15) is 5.75 Å². The molecule has 32 heavy (non-hydrogen) atoms. The van der Waals surface area contributed by atoms with Crippen LogP contribution in [0.5, 0.6) is 5.75 Å². The van der Waals surface area contributed by atoms with E-state index in [-0.39, 0.29) is 19.4 Å². The number of carbonyl (C=O) groups is 3. The van der Waals surface area contributed by atoms with E-state index in [1.165, 1.54) is 0 Å². The zero-order valence-corrected chi connectivity index (χ0v) is 17.9. The minimum absolute atomic E-state index is 0.0698. The molecule has 2 N–H and O–H groups in total. The van der Waals surface area contributed by atoms with Gasteiger partial charge in [-0.3, -0.25) is 25.2 Å². The van der Waals surface area contributed by atoms with Crippen LogP contribution in [-0.2, 0) is 25.5 Å². The first-order valence-corrected chi connectivity index (χ1v) is 10.4. The SMILES string of the molecule is CC(Oc1ccc2ccccc2c1)C(=O)NNC(=O)CCC(=O)OCCc1ccccc1. The molecule has 0 radical (unpaired) electrons. The van der Waals surface area contributed by atoms with Crippen LogP contribution in [0.25, 0.3) is 10.8 Å². The molecule has 0 aliphatic heterocycles. The van der Waals surface area contributed by atoms with Gasteiger partial charge in [0.15, 0.2) is 6.10 Å². The molecule has 0 aromatic heterocycles. The topological polar surface area (TPSA) is 93.7 Å². The van der Waals surface area contributed by atoms with Gasteiger partial charge >= 0.3 is 5.97 Å². The fraction of sp³-hybridized carbons (Fsp3) is 0.240. The molecule has 3 rings (SSSR count). The van der Waals surface area contributed by atoms with Gasteiger partial charge in [-0.25, -0.2) is 0 Å². The van der Waals surface area contributed by atoms with Crippen LogP contribution in [0.4, 0.5) is 0 Å². The molecule has 0 fully saturated rings. The number of benzene rings is 3. The van der Waals surface area contributed by atoms with E-state index in [1.807, 2.05) is 66.7 Å². The Morgan fingerprint density at radius 3 is 2.34 bits per heavy atom. The summed E-state index contributed by atoms with van der Waals surface area (Å²) in [7, 11) is 0. The van der Waals surface area contributed by atoms with E-state index in [9.17, 15) is 14.4 Å². The third-order valence-corrected chi connectivity index (χ3v) is 4.78. The van der Waals surface area contributed by atoms with Crippen LogP contribution in [0.2, 0.25) is 0 Å². The van der Waals surface area contributed by atoms with E-state index < -0.39 is 23.9 Å². The molecule has 1 unspecified atom stereocenters. The Morgan fingerprint density at radius 2 is 1.56 bits per heavy atom. The Kier molecular flexibility index (Phi) is 8.20. The summed E-state index contributed by atoms with van der Waals surface area (Å²) in [5.41, 5.74) is 5.67. The van der Waals surface area contributed by atoms with Crippen molar-refractivity contribution in [2.24, 2.45) is 0 Å². The summed E-state index contributed by atoms with van der Waals surface area (Å²) < 4.78 is 10.8. The normalized spacial score (nSPS) is 11.4. The molecule has 0 spiro atoms. The summed E-state index contributed by atoms with van der Waals surface area (Å²) in [6, 6.07) is 23.0. The monoisotopic (exact) mass is 434 g/mol. The molecule has 3 aromatic rings. The largest absolute Gasteiger partial charge is 0.481 e. The van der Waals surface area contributed by atoms with E-state index >= 15 is 0 Å². The van der Waals surface area contributed by atoms with Crippen LogP contribution in [0, 0.1) is 0 Å². The van der Waals surface area contributed by atoms with Crippen molar-refractivity contribution in [1.82, 2.24) is 10.9 Å². The molecule has 3 aromatic carbocycles. The Hall–Kier alpha value is -3.87. The lowest BCUT2D eigenvalue weighted by Crippen LogP contribution is -2.47. The Balaban J connectivity index is 1.33. The van der Waals surface area contributed by atoms with Crippen LogP contribution < -0.4 is 15.6 Å². The van der Waals surface area contributed by atoms with E-state index in [0.717, 1.165) is 16.3 Å². The van der Waals surface area contributed by atoms with Gasteiger partial charge in [0.2, 0.25) is 5.91 Å². The highest BCUT2D eigenvalue weighted by atomic mass is 16.5. The standard InChI is InChI=1S/C25H26N2O5/c1-18(32-22-12-11-20-9-5-6-10-21(20)17-22)25(30)27-26-23(28)13-14-24(29)31-16-15-19-7-3-2-4-8-19/h2-12,17-18H,13-16H2,1H3,(H,26,28)(H,27,30). The van der Waals surface area contributed by atoms with Gasteiger partial charge in [-0.05, 0) is 35.4 Å². The number of esters is 1. The van der Waals surface area contributed by atoms with E-state index in [0.29, 0.717) is 12.2 Å². The molecular weight excluding hydrogens is 408 g/mol. The van der Waals surface area contributed by atoms with Crippen molar-refractivity contribution in [2.75, 3.05) is 6.61 Å². The maximum atomic E-state index is 12.2. The van der Waals surface area contributed by atoms with Crippen LogP contribution in [-0.4, -0.2) is 30.5 Å². The summed E-state index contributed by atoms with van der Waals surface area (Å²) in [6.07, 6.45) is -0.368. The van der Waals surface area contributed by atoms with Crippen molar-refractivity contribution in [2.45, 2.75) is 32.3 Å². The predicted octanol–water partition coefficient (Wildman–Crippen LogP) is 3.32. The van der Waals surface area contributed by atoms with Crippen LogP contribution >= 0.6 is 0 Å². The second-order valence-electron chi connectivity index (χ2n) is 7.26. The number of fused-ring (bicyclic) bond motifs is 1. The lowest BCUT2D eigenvalue weighted by Gasteiger charge is -2.15. The Labute approximate surface area is 186 Å². The summed E-state index contributed by atoms with van der Waals surface area (Å²) in [6.45, 7) is 1.84. The van der Waals surface area contributed by atoms with Gasteiger partial charge in [0, 0.05) is 12.8 Å². The number of ether oxygens (including phenoxy) is 2. The highest BCUT2D eigenvalue weighted by Crippen LogP contribution is 2.21. The minimum Gasteiger partial charge on any atom is -0.481 e. The molecule has 7 heteroatoms. The second kappa shape index (κ2) is 11.5. The van der Waals surface area contributed by atoms with Crippen molar-refractivity contribution in [1.29, 1.82) is 0 Å². The van der Waals surface area contributed by atoms with Crippen LogP contribution in [0.15, 0.2) is 72.8 Å². The number of hydrazine groups is 1. The zero-order chi connectivity index (χ0) is 22.8. The summed E-state index contributed by atoms with van der Waals surface area (Å²) in [4.78, 5) is 35.9. The molecule has 1 atom stereocenters. The first-order valence-electron chi connectivity index (χ1n) is 10.4. The zero-order valence-electron chi connectivity index (χ0n) is 17.9. The summed E-state index contributed by atoms with van der Waals surface area (Å²) in [5.74, 6) is -0.903. The van der Waals surface area contributed by atoms with Gasteiger partial charge in [0.25, 0.3) is 5.91 Å². The minimum atomic E-state index is -0.820. The van der Waals surface area contributed by atoms with Crippen molar-refractivity contribution >= 4 is 28.6 Å².